The lowest BCUT2D eigenvalue weighted by atomic mass is 10.0. The molecule has 0 radical (unpaired) electrons. The Balaban J connectivity index is 1.96. The highest BCUT2D eigenvalue weighted by molar-refractivity contribution is 5.39. The number of para-hydroxylation sites is 1. The number of hydrogen-bond donors (Lipinski definition) is 1. The number of fused-ring (bicyclic) bond motifs is 1. The molecule has 1 aromatic carbocycles. The lowest BCUT2D eigenvalue weighted by Gasteiger charge is -2.15. The Kier molecular flexibility index (Phi) is 3.32. The standard InChI is InChI=1S/C16H18N2O2/c1-11-6-7-12(8-17)16(19)18(11)9-13-10-20-15-5-3-2-4-14(13)15/h2-7,13H,8-10,17H2,1H3. The van der Waals surface area contributed by atoms with Gasteiger partial charge in [0.05, 0.1) is 6.61 Å². The van der Waals surface area contributed by atoms with E-state index in [1.54, 1.807) is 4.57 Å². The summed E-state index contributed by atoms with van der Waals surface area (Å²) in [6, 6.07) is 11.8. The molecule has 2 heterocycles. The van der Waals surface area contributed by atoms with E-state index in [1.807, 2.05) is 37.3 Å². The van der Waals surface area contributed by atoms with Gasteiger partial charge in [-0.3, -0.25) is 4.79 Å². The molecule has 1 atom stereocenters. The molecule has 1 aromatic heterocycles. The second-order valence-corrected chi connectivity index (χ2v) is 5.17. The quantitative estimate of drug-likeness (QED) is 0.925. The molecule has 0 amide bonds. The molecule has 0 aliphatic carbocycles. The third kappa shape index (κ3) is 2.12. The first-order valence-corrected chi connectivity index (χ1v) is 6.82. The Morgan fingerprint density at radius 3 is 2.90 bits per heavy atom. The Morgan fingerprint density at radius 2 is 2.10 bits per heavy atom. The topological polar surface area (TPSA) is 57.2 Å². The summed E-state index contributed by atoms with van der Waals surface area (Å²) in [5, 5.41) is 0. The van der Waals surface area contributed by atoms with E-state index >= 15 is 0 Å². The lowest BCUT2D eigenvalue weighted by Crippen LogP contribution is -2.29. The molecule has 2 aromatic rings. The minimum Gasteiger partial charge on any atom is -0.493 e. The predicted molar refractivity (Wildman–Crippen MR) is 78.0 cm³/mol. The van der Waals surface area contributed by atoms with Crippen molar-refractivity contribution in [2.75, 3.05) is 6.61 Å². The van der Waals surface area contributed by atoms with Gasteiger partial charge < -0.3 is 15.0 Å². The van der Waals surface area contributed by atoms with Crippen molar-refractivity contribution in [1.82, 2.24) is 4.57 Å². The maximum absolute atomic E-state index is 12.4. The minimum absolute atomic E-state index is 0.0110. The molecular formula is C16H18N2O2. The molecule has 1 aliphatic rings. The summed E-state index contributed by atoms with van der Waals surface area (Å²) < 4.78 is 7.48. The zero-order valence-electron chi connectivity index (χ0n) is 11.5. The van der Waals surface area contributed by atoms with Gasteiger partial charge in [0.25, 0.3) is 5.56 Å². The number of hydrogen-bond acceptors (Lipinski definition) is 3. The van der Waals surface area contributed by atoms with Crippen LogP contribution >= 0.6 is 0 Å². The molecule has 0 bridgehead atoms. The van der Waals surface area contributed by atoms with Gasteiger partial charge in [0.2, 0.25) is 0 Å². The summed E-state index contributed by atoms with van der Waals surface area (Å²) in [6.45, 7) is 3.48. The highest BCUT2D eigenvalue weighted by atomic mass is 16.5. The summed E-state index contributed by atoms with van der Waals surface area (Å²) in [7, 11) is 0. The first-order chi connectivity index (χ1) is 9.70. The van der Waals surface area contributed by atoms with E-state index in [2.05, 4.69) is 6.07 Å². The van der Waals surface area contributed by atoms with Gasteiger partial charge in [0.1, 0.15) is 5.75 Å². The van der Waals surface area contributed by atoms with Crippen LogP contribution in [0.2, 0.25) is 0 Å². The lowest BCUT2D eigenvalue weighted by molar-refractivity contribution is 0.317. The molecule has 0 saturated heterocycles. The number of benzene rings is 1. The third-order valence-electron chi connectivity index (χ3n) is 3.89. The van der Waals surface area contributed by atoms with Gasteiger partial charge in [0.15, 0.2) is 0 Å². The van der Waals surface area contributed by atoms with Crippen LogP contribution in [-0.2, 0) is 13.1 Å². The zero-order valence-corrected chi connectivity index (χ0v) is 11.5. The van der Waals surface area contributed by atoms with Crippen LogP contribution in [0.4, 0.5) is 0 Å². The van der Waals surface area contributed by atoms with Gasteiger partial charge in [-0.15, -0.1) is 0 Å². The predicted octanol–water partition coefficient (Wildman–Crippen LogP) is 1.79. The average Bonchev–Trinajstić information content (AvgIpc) is 2.87. The Bertz CT molecular complexity index is 691. The molecule has 0 spiro atoms. The maximum Gasteiger partial charge on any atom is 0.255 e. The van der Waals surface area contributed by atoms with Crippen molar-refractivity contribution < 1.29 is 4.74 Å². The summed E-state index contributed by atoms with van der Waals surface area (Å²) >= 11 is 0. The molecule has 1 aliphatic heterocycles. The highest BCUT2D eigenvalue weighted by Crippen LogP contribution is 2.34. The van der Waals surface area contributed by atoms with Crippen LogP contribution < -0.4 is 16.0 Å². The van der Waals surface area contributed by atoms with Crippen molar-refractivity contribution in [2.45, 2.75) is 25.9 Å². The van der Waals surface area contributed by atoms with E-state index in [-0.39, 0.29) is 18.0 Å². The molecule has 20 heavy (non-hydrogen) atoms. The van der Waals surface area contributed by atoms with Gasteiger partial charge in [0, 0.05) is 35.8 Å². The fraction of sp³-hybridized carbons (Fsp3) is 0.312. The van der Waals surface area contributed by atoms with Crippen molar-refractivity contribution >= 4 is 0 Å². The van der Waals surface area contributed by atoms with E-state index in [0.717, 1.165) is 11.4 Å². The Morgan fingerprint density at radius 1 is 1.30 bits per heavy atom. The first kappa shape index (κ1) is 12.9. The van der Waals surface area contributed by atoms with Gasteiger partial charge in [-0.2, -0.15) is 0 Å². The SMILES string of the molecule is Cc1ccc(CN)c(=O)n1CC1COc2ccccc21. The fourth-order valence-corrected chi connectivity index (χ4v) is 2.70. The van der Waals surface area contributed by atoms with Gasteiger partial charge in [-0.05, 0) is 19.1 Å². The van der Waals surface area contributed by atoms with E-state index in [4.69, 9.17) is 10.5 Å². The fourth-order valence-electron chi connectivity index (χ4n) is 2.70. The van der Waals surface area contributed by atoms with Crippen LogP contribution in [0.25, 0.3) is 0 Å². The molecule has 0 saturated carbocycles. The molecule has 4 heteroatoms. The van der Waals surface area contributed by atoms with Crippen molar-refractivity contribution in [3.63, 3.8) is 0 Å². The second-order valence-electron chi connectivity index (χ2n) is 5.17. The number of aryl methyl sites for hydroxylation is 1. The number of rotatable bonds is 3. The monoisotopic (exact) mass is 270 g/mol. The smallest absolute Gasteiger partial charge is 0.255 e. The molecule has 2 N–H and O–H groups in total. The summed E-state index contributed by atoms with van der Waals surface area (Å²) in [5.74, 6) is 1.15. The summed E-state index contributed by atoms with van der Waals surface area (Å²) in [4.78, 5) is 12.4. The molecule has 1 unspecified atom stereocenters. The summed E-state index contributed by atoms with van der Waals surface area (Å²) in [5.41, 5.74) is 8.42. The molecule has 104 valence electrons. The number of nitrogens with two attached hydrogens (primary N) is 1. The number of pyridine rings is 1. The maximum atomic E-state index is 12.4. The Labute approximate surface area is 117 Å². The average molecular weight is 270 g/mol. The van der Waals surface area contributed by atoms with Crippen LogP contribution in [0.15, 0.2) is 41.2 Å². The van der Waals surface area contributed by atoms with E-state index in [1.165, 1.54) is 5.56 Å². The third-order valence-corrected chi connectivity index (χ3v) is 3.89. The van der Waals surface area contributed by atoms with Crippen molar-refractivity contribution in [3.8, 4) is 5.75 Å². The van der Waals surface area contributed by atoms with E-state index in [9.17, 15) is 4.79 Å². The van der Waals surface area contributed by atoms with Crippen molar-refractivity contribution in [3.05, 3.63) is 63.6 Å². The normalized spacial score (nSPS) is 16.8. The molecule has 0 fully saturated rings. The van der Waals surface area contributed by atoms with Crippen LogP contribution in [0.5, 0.6) is 5.75 Å². The second kappa shape index (κ2) is 5.13. The van der Waals surface area contributed by atoms with E-state index < -0.39 is 0 Å². The van der Waals surface area contributed by atoms with Crippen LogP contribution in [0.1, 0.15) is 22.7 Å². The van der Waals surface area contributed by atoms with Crippen molar-refractivity contribution in [2.24, 2.45) is 5.73 Å². The molecule has 3 rings (SSSR count). The van der Waals surface area contributed by atoms with Gasteiger partial charge in [-0.1, -0.05) is 24.3 Å². The van der Waals surface area contributed by atoms with Gasteiger partial charge in [-0.25, -0.2) is 0 Å². The minimum atomic E-state index is 0.0110. The van der Waals surface area contributed by atoms with Gasteiger partial charge >= 0.3 is 0 Å². The van der Waals surface area contributed by atoms with Crippen LogP contribution in [0.3, 0.4) is 0 Å². The molecule has 4 nitrogen and oxygen atoms in total. The summed E-state index contributed by atoms with van der Waals surface area (Å²) in [6.07, 6.45) is 0. The highest BCUT2D eigenvalue weighted by Gasteiger charge is 2.24. The van der Waals surface area contributed by atoms with E-state index in [0.29, 0.717) is 18.7 Å². The number of aromatic nitrogens is 1. The Hall–Kier alpha value is -2.07. The van der Waals surface area contributed by atoms with Crippen LogP contribution in [-0.4, -0.2) is 11.2 Å². The largest absolute Gasteiger partial charge is 0.493 e. The molecular weight excluding hydrogens is 252 g/mol. The first-order valence-electron chi connectivity index (χ1n) is 6.82. The number of ether oxygens (including phenoxy) is 1. The van der Waals surface area contributed by atoms with Crippen molar-refractivity contribution in [1.29, 1.82) is 0 Å². The van der Waals surface area contributed by atoms with Crippen LogP contribution in [0, 0.1) is 6.92 Å². The number of nitrogens with zero attached hydrogens (tertiary/aromatic N) is 1. The zero-order chi connectivity index (χ0) is 14.1.